The molecule has 0 aliphatic carbocycles. The van der Waals surface area contributed by atoms with Crippen molar-refractivity contribution >= 4 is 52.0 Å². The lowest BCUT2D eigenvalue weighted by Crippen LogP contribution is -2.32. The van der Waals surface area contributed by atoms with Crippen LogP contribution in [-0.2, 0) is 9.59 Å². The van der Waals surface area contributed by atoms with Gasteiger partial charge in [0, 0.05) is 11.8 Å². The maximum atomic E-state index is 13.4. The second-order valence-electron chi connectivity index (χ2n) is 6.72. The van der Waals surface area contributed by atoms with Crippen LogP contribution < -0.4 is 15.0 Å². The maximum Gasteiger partial charge on any atom is 0.282 e. The highest BCUT2D eigenvalue weighted by molar-refractivity contribution is 6.50. The van der Waals surface area contributed by atoms with Gasteiger partial charge in [-0.2, -0.15) is 0 Å². The molecule has 4 rings (SSSR count). The van der Waals surface area contributed by atoms with Gasteiger partial charge in [-0.1, -0.05) is 65.7 Å². The number of benzene rings is 3. The molecule has 1 N–H and O–H groups in total. The molecule has 3 aromatic rings. The van der Waals surface area contributed by atoms with E-state index in [0.29, 0.717) is 23.6 Å². The van der Waals surface area contributed by atoms with E-state index in [1.54, 1.807) is 42.5 Å². The molecule has 0 spiro atoms. The zero-order valence-electron chi connectivity index (χ0n) is 16.6. The minimum absolute atomic E-state index is 0.137. The quantitative estimate of drug-likeness (QED) is 0.480. The van der Waals surface area contributed by atoms with Gasteiger partial charge in [-0.3, -0.25) is 9.59 Å². The fourth-order valence-electron chi connectivity index (χ4n) is 3.38. The second kappa shape index (κ2) is 8.84. The summed E-state index contributed by atoms with van der Waals surface area (Å²) in [5.41, 5.74) is 1.88. The van der Waals surface area contributed by atoms with Crippen LogP contribution in [0.3, 0.4) is 0 Å². The van der Waals surface area contributed by atoms with Crippen molar-refractivity contribution in [2.45, 2.75) is 6.92 Å². The summed E-state index contributed by atoms with van der Waals surface area (Å²) in [5, 5.41) is 3.51. The molecule has 31 heavy (non-hydrogen) atoms. The van der Waals surface area contributed by atoms with Gasteiger partial charge < -0.3 is 10.1 Å². The van der Waals surface area contributed by atoms with E-state index >= 15 is 0 Å². The molecule has 0 aromatic heterocycles. The van der Waals surface area contributed by atoms with Crippen molar-refractivity contribution in [1.29, 1.82) is 0 Å². The Morgan fingerprint density at radius 3 is 2.39 bits per heavy atom. The van der Waals surface area contributed by atoms with E-state index in [2.05, 4.69) is 5.32 Å². The molecule has 0 atom stereocenters. The third kappa shape index (κ3) is 4.02. The topological polar surface area (TPSA) is 58.6 Å². The lowest BCUT2D eigenvalue weighted by molar-refractivity contribution is -0.120. The standard InChI is InChI=1S/C24H18Cl2N2O3/c1-2-31-17-11-6-10-16(14-17)27-22-20(15-8-4-3-5-9-15)23(29)28(24(22)30)19-13-7-12-18(25)21(19)26/h3-14,27H,2H2,1H3. The predicted molar refractivity (Wildman–Crippen MR) is 124 cm³/mol. The van der Waals surface area contributed by atoms with E-state index in [0.717, 1.165) is 4.90 Å². The summed E-state index contributed by atoms with van der Waals surface area (Å²) in [7, 11) is 0. The number of anilines is 2. The number of amides is 2. The van der Waals surface area contributed by atoms with Gasteiger partial charge in [0.05, 0.1) is 27.9 Å². The molecule has 0 saturated carbocycles. The first kappa shape index (κ1) is 21.0. The fourth-order valence-corrected chi connectivity index (χ4v) is 3.76. The molecule has 0 unspecified atom stereocenters. The van der Waals surface area contributed by atoms with Crippen LogP contribution in [-0.4, -0.2) is 18.4 Å². The number of halogens is 2. The third-order valence-corrected chi connectivity index (χ3v) is 5.54. The molecular weight excluding hydrogens is 435 g/mol. The van der Waals surface area contributed by atoms with E-state index in [1.165, 1.54) is 0 Å². The molecular formula is C24H18Cl2N2O3. The average Bonchev–Trinajstić information content (AvgIpc) is 3.01. The molecule has 0 bridgehead atoms. The molecule has 2 amide bonds. The molecule has 1 aliphatic rings. The molecule has 0 saturated heterocycles. The monoisotopic (exact) mass is 452 g/mol. The molecule has 1 heterocycles. The number of nitrogens with zero attached hydrogens (tertiary/aromatic N) is 1. The van der Waals surface area contributed by atoms with Gasteiger partial charge in [0.1, 0.15) is 11.4 Å². The van der Waals surface area contributed by atoms with Gasteiger partial charge in [0.15, 0.2) is 0 Å². The van der Waals surface area contributed by atoms with Gasteiger partial charge in [-0.15, -0.1) is 0 Å². The number of carbonyl (C=O) groups excluding carboxylic acids is 2. The van der Waals surface area contributed by atoms with E-state index < -0.39 is 11.8 Å². The molecule has 156 valence electrons. The van der Waals surface area contributed by atoms with Crippen LogP contribution >= 0.6 is 23.2 Å². The van der Waals surface area contributed by atoms with Crippen LogP contribution in [0.4, 0.5) is 11.4 Å². The normalized spacial score (nSPS) is 13.7. The fraction of sp³-hybridized carbons (Fsp3) is 0.0833. The lowest BCUT2D eigenvalue weighted by atomic mass is 10.0. The molecule has 0 fully saturated rings. The van der Waals surface area contributed by atoms with Crippen molar-refractivity contribution in [1.82, 2.24) is 0 Å². The molecule has 5 nitrogen and oxygen atoms in total. The molecule has 0 radical (unpaired) electrons. The highest BCUT2D eigenvalue weighted by Crippen LogP contribution is 2.39. The number of ether oxygens (including phenoxy) is 1. The van der Waals surface area contributed by atoms with Crippen LogP contribution in [0, 0.1) is 0 Å². The Labute approximate surface area is 189 Å². The number of imide groups is 1. The van der Waals surface area contributed by atoms with Crippen molar-refractivity contribution in [3.8, 4) is 5.75 Å². The minimum Gasteiger partial charge on any atom is -0.494 e. The summed E-state index contributed by atoms with van der Waals surface area (Å²) < 4.78 is 5.54. The summed E-state index contributed by atoms with van der Waals surface area (Å²) in [6, 6.07) is 21.0. The van der Waals surface area contributed by atoms with Crippen molar-refractivity contribution < 1.29 is 14.3 Å². The Bertz CT molecular complexity index is 1190. The SMILES string of the molecule is CCOc1cccc(NC2=C(c3ccccc3)C(=O)N(c3cccc(Cl)c3Cl)C2=O)c1. The minimum atomic E-state index is -0.519. The largest absolute Gasteiger partial charge is 0.494 e. The zero-order chi connectivity index (χ0) is 22.0. The van der Waals surface area contributed by atoms with E-state index in [1.807, 2.05) is 37.3 Å². The van der Waals surface area contributed by atoms with Gasteiger partial charge in [0.25, 0.3) is 11.8 Å². The van der Waals surface area contributed by atoms with Crippen LogP contribution in [0.25, 0.3) is 5.57 Å². The number of carbonyl (C=O) groups is 2. The summed E-state index contributed by atoms with van der Waals surface area (Å²) in [6.45, 7) is 2.40. The van der Waals surface area contributed by atoms with E-state index in [-0.39, 0.29) is 27.0 Å². The Balaban J connectivity index is 1.81. The van der Waals surface area contributed by atoms with Crippen molar-refractivity contribution in [2.24, 2.45) is 0 Å². The van der Waals surface area contributed by atoms with Crippen LogP contribution in [0.5, 0.6) is 5.75 Å². The van der Waals surface area contributed by atoms with Gasteiger partial charge in [-0.25, -0.2) is 4.90 Å². The van der Waals surface area contributed by atoms with Gasteiger partial charge in [-0.05, 0) is 36.8 Å². The Morgan fingerprint density at radius 2 is 1.65 bits per heavy atom. The highest BCUT2D eigenvalue weighted by Gasteiger charge is 2.41. The van der Waals surface area contributed by atoms with Crippen molar-refractivity contribution in [2.75, 3.05) is 16.8 Å². The smallest absolute Gasteiger partial charge is 0.282 e. The molecule has 7 heteroatoms. The molecule has 1 aliphatic heterocycles. The molecule has 3 aromatic carbocycles. The summed E-state index contributed by atoms with van der Waals surface area (Å²) in [5.74, 6) is -0.348. The van der Waals surface area contributed by atoms with Crippen molar-refractivity contribution in [3.63, 3.8) is 0 Å². The van der Waals surface area contributed by atoms with Crippen LogP contribution in [0.2, 0.25) is 10.0 Å². The summed E-state index contributed by atoms with van der Waals surface area (Å²) in [4.78, 5) is 27.9. The lowest BCUT2D eigenvalue weighted by Gasteiger charge is -2.17. The number of rotatable bonds is 6. The maximum absolute atomic E-state index is 13.4. The van der Waals surface area contributed by atoms with E-state index in [4.69, 9.17) is 27.9 Å². The predicted octanol–water partition coefficient (Wildman–Crippen LogP) is 5.79. The van der Waals surface area contributed by atoms with Gasteiger partial charge >= 0.3 is 0 Å². The van der Waals surface area contributed by atoms with E-state index in [9.17, 15) is 9.59 Å². The first-order valence-electron chi connectivity index (χ1n) is 9.63. The third-order valence-electron chi connectivity index (χ3n) is 4.73. The van der Waals surface area contributed by atoms with Gasteiger partial charge in [0.2, 0.25) is 0 Å². The zero-order valence-corrected chi connectivity index (χ0v) is 18.1. The Kier molecular flexibility index (Phi) is 5.98. The highest BCUT2D eigenvalue weighted by atomic mass is 35.5. The summed E-state index contributed by atoms with van der Waals surface area (Å²) >= 11 is 12.5. The second-order valence-corrected chi connectivity index (χ2v) is 7.51. The van der Waals surface area contributed by atoms with Crippen molar-refractivity contribution in [3.05, 3.63) is 94.1 Å². The summed E-state index contributed by atoms with van der Waals surface area (Å²) in [6.07, 6.45) is 0. The van der Waals surface area contributed by atoms with Crippen LogP contribution in [0.15, 0.2) is 78.5 Å². The first-order valence-corrected chi connectivity index (χ1v) is 10.4. The first-order chi connectivity index (χ1) is 15.0. The average molecular weight is 453 g/mol. The van der Waals surface area contributed by atoms with Crippen LogP contribution in [0.1, 0.15) is 12.5 Å². The number of nitrogens with one attached hydrogen (secondary N) is 1. The Morgan fingerprint density at radius 1 is 0.903 bits per heavy atom. The Hall–Kier alpha value is -3.28. The number of hydrogen-bond donors (Lipinski definition) is 1. The number of hydrogen-bond acceptors (Lipinski definition) is 4.